The van der Waals surface area contributed by atoms with Crippen molar-refractivity contribution in [3.8, 4) is 16.9 Å². The molecule has 1 N–H and O–H groups in total. The number of aromatic nitrogens is 3. The number of hydrogen-bond donors (Lipinski definition) is 1. The molecule has 2 aromatic heterocycles. The van der Waals surface area contributed by atoms with Crippen LogP contribution in [0.15, 0.2) is 61.3 Å². The summed E-state index contributed by atoms with van der Waals surface area (Å²) in [4.78, 5) is 19.6. The highest BCUT2D eigenvalue weighted by molar-refractivity contribution is 5.89. The summed E-state index contributed by atoms with van der Waals surface area (Å²) in [5.74, 6) is -0.0898. The van der Waals surface area contributed by atoms with E-state index in [1.807, 2.05) is 47.2 Å². The van der Waals surface area contributed by atoms with Crippen LogP contribution in [0.4, 0.5) is 5.69 Å². The van der Waals surface area contributed by atoms with Gasteiger partial charge in [-0.25, -0.2) is 4.98 Å². The van der Waals surface area contributed by atoms with Crippen molar-refractivity contribution in [2.45, 2.75) is 6.92 Å². The molecule has 1 aromatic carbocycles. The third-order valence-corrected chi connectivity index (χ3v) is 3.01. The van der Waals surface area contributed by atoms with Crippen LogP contribution in [-0.4, -0.2) is 20.4 Å². The highest BCUT2D eigenvalue weighted by Gasteiger charge is 2.05. The number of rotatable bonds is 3. The van der Waals surface area contributed by atoms with Gasteiger partial charge in [0.05, 0.1) is 23.9 Å². The summed E-state index contributed by atoms with van der Waals surface area (Å²) in [5, 5.41) is 2.77. The second-order valence-electron chi connectivity index (χ2n) is 4.64. The number of carbonyl (C=O) groups is 1. The van der Waals surface area contributed by atoms with Gasteiger partial charge in [0, 0.05) is 30.6 Å². The molecule has 3 rings (SSSR count). The Morgan fingerprint density at radius 1 is 1.24 bits per heavy atom. The molecule has 1 amide bonds. The maximum absolute atomic E-state index is 11.1. The van der Waals surface area contributed by atoms with Crippen molar-refractivity contribution >= 4 is 11.6 Å². The molecule has 0 atom stereocenters. The fraction of sp³-hybridized carbons (Fsp3) is 0.0625. The third-order valence-electron chi connectivity index (χ3n) is 3.01. The molecule has 0 spiro atoms. The van der Waals surface area contributed by atoms with Gasteiger partial charge in [0.1, 0.15) is 0 Å². The number of benzene rings is 1. The molecule has 0 fully saturated rings. The molecule has 0 saturated carbocycles. The molecule has 5 heteroatoms. The molecule has 0 aliphatic heterocycles. The monoisotopic (exact) mass is 278 g/mol. The van der Waals surface area contributed by atoms with Crippen molar-refractivity contribution in [1.82, 2.24) is 14.5 Å². The highest BCUT2D eigenvalue weighted by Crippen LogP contribution is 2.22. The predicted molar refractivity (Wildman–Crippen MR) is 81.1 cm³/mol. The van der Waals surface area contributed by atoms with Crippen LogP contribution in [0.1, 0.15) is 6.92 Å². The topological polar surface area (TPSA) is 59.8 Å². The van der Waals surface area contributed by atoms with Crippen LogP contribution >= 0.6 is 0 Å². The molecule has 5 nitrogen and oxygen atoms in total. The van der Waals surface area contributed by atoms with Gasteiger partial charge in [0.2, 0.25) is 5.91 Å². The summed E-state index contributed by atoms with van der Waals surface area (Å²) in [6, 6.07) is 11.4. The number of nitrogens with one attached hydrogen (secondary N) is 1. The first-order valence-corrected chi connectivity index (χ1v) is 6.55. The zero-order valence-corrected chi connectivity index (χ0v) is 11.5. The van der Waals surface area contributed by atoms with Crippen LogP contribution in [0.3, 0.4) is 0 Å². The number of amides is 1. The first-order chi connectivity index (χ1) is 10.2. The Morgan fingerprint density at radius 2 is 2.14 bits per heavy atom. The SMILES string of the molecule is CC(=O)Nc1cccc(-c2cn(-c3cccnc3)cn2)c1. The van der Waals surface area contributed by atoms with E-state index in [1.165, 1.54) is 6.92 Å². The van der Waals surface area contributed by atoms with Gasteiger partial charge in [-0.3, -0.25) is 9.78 Å². The van der Waals surface area contributed by atoms with Crippen molar-refractivity contribution < 1.29 is 4.79 Å². The highest BCUT2D eigenvalue weighted by atomic mass is 16.1. The minimum atomic E-state index is -0.0898. The number of hydrogen-bond acceptors (Lipinski definition) is 3. The predicted octanol–water partition coefficient (Wildman–Crippen LogP) is 2.89. The molecular formula is C16H14N4O. The number of carbonyl (C=O) groups excluding carboxylic acids is 1. The van der Waals surface area contributed by atoms with Crippen molar-refractivity contribution in [3.05, 3.63) is 61.3 Å². The lowest BCUT2D eigenvalue weighted by Crippen LogP contribution is -2.05. The van der Waals surface area contributed by atoms with Gasteiger partial charge in [0.15, 0.2) is 0 Å². The summed E-state index contributed by atoms with van der Waals surface area (Å²) in [6.07, 6.45) is 7.19. The average Bonchev–Trinajstić information content (AvgIpc) is 2.98. The maximum atomic E-state index is 11.1. The Bertz CT molecular complexity index is 765. The maximum Gasteiger partial charge on any atom is 0.221 e. The minimum Gasteiger partial charge on any atom is -0.326 e. The number of anilines is 1. The molecule has 0 unspecified atom stereocenters. The Hall–Kier alpha value is -2.95. The molecule has 0 radical (unpaired) electrons. The number of nitrogens with zero attached hydrogens (tertiary/aromatic N) is 3. The minimum absolute atomic E-state index is 0.0898. The first-order valence-electron chi connectivity index (χ1n) is 6.55. The molecule has 21 heavy (non-hydrogen) atoms. The van der Waals surface area contributed by atoms with E-state index < -0.39 is 0 Å². The summed E-state index contributed by atoms with van der Waals surface area (Å²) >= 11 is 0. The van der Waals surface area contributed by atoms with Crippen LogP contribution in [-0.2, 0) is 4.79 Å². The lowest BCUT2D eigenvalue weighted by molar-refractivity contribution is -0.114. The van der Waals surface area contributed by atoms with E-state index in [1.54, 1.807) is 18.7 Å². The van der Waals surface area contributed by atoms with Gasteiger partial charge < -0.3 is 9.88 Å². The Kier molecular flexibility index (Phi) is 3.47. The molecule has 0 aliphatic carbocycles. The molecule has 0 aliphatic rings. The standard InChI is InChI=1S/C16H14N4O/c1-12(21)19-14-5-2-4-13(8-14)16-10-20(11-18-16)15-6-3-7-17-9-15/h2-11H,1H3,(H,19,21). The molecule has 104 valence electrons. The summed E-state index contributed by atoms with van der Waals surface area (Å²) in [7, 11) is 0. The largest absolute Gasteiger partial charge is 0.326 e. The van der Waals surface area contributed by atoms with Gasteiger partial charge in [0.25, 0.3) is 0 Å². The van der Waals surface area contributed by atoms with Crippen LogP contribution < -0.4 is 5.32 Å². The fourth-order valence-corrected chi connectivity index (χ4v) is 2.08. The lowest BCUT2D eigenvalue weighted by Gasteiger charge is -2.03. The van der Waals surface area contributed by atoms with Crippen molar-refractivity contribution in [2.24, 2.45) is 0 Å². The quantitative estimate of drug-likeness (QED) is 0.801. The van der Waals surface area contributed by atoms with Crippen LogP contribution in [0, 0.1) is 0 Å². The van der Waals surface area contributed by atoms with Gasteiger partial charge in [-0.1, -0.05) is 12.1 Å². The summed E-state index contributed by atoms with van der Waals surface area (Å²) in [5.41, 5.74) is 3.50. The van der Waals surface area contributed by atoms with Crippen LogP contribution in [0.2, 0.25) is 0 Å². The first kappa shape index (κ1) is 13.1. The van der Waals surface area contributed by atoms with Gasteiger partial charge in [-0.15, -0.1) is 0 Å². The van der Waals surface area contributed by atoms with E-state index in [2.05, 4.69) is 15.3 Å². The average molecular weight is 278 g/mol. The molecule has 0 bridgehead atoms. The van der Waals surface area contributed by atoms with E-state index >= 15 is 0 Å². The number of pyridine rings is 1. The molecule has 0 saturated heterocycles. The zero-order chi connectivity index (χ0) is 14.7. The van der Waals surface area contributed by atoms with Crippen molar-refractivity contribution in [2.75, 3.05) is 5.32 Å². The molecule has 2 heterocycles. The summed E-state index contributed by atoms with van der Waals surface area (Å²) < 4.78 is 1.91. The van der Waals surface area contributed by atoms with E-state index in [9.17, 15) is 4.79 Å². The lowest BCUT2D eigenvalue weighted by atomic mass is 10.1. The van der Waals surface area contributed by atoms with E-state index in [-0.39, 0.29) is 5.91 Å². The molecular weight excluding hydrogens is 264 g/mol. The van der Waals surface area contributed by atoms with Crippen molar-refractivity contribution in [3.63, 3.8) is 0 Å². The van der Waals surface area contributed by atoms with E-state index in [0.29, 0.717) is 0 Å². The van der Waals surface area contributed by atoms with Gasteiger partial charge in [-0.2, -0.15) is 0 Å². The van der Waals surface area contributed by atoms with Crippen LogP contribution in [0.5, 0.6) is 0 Å². The van der Waals surface area contributed by atoms with E-state index in [4.69, 9.17) is 0 Å². The third kappa shape index (κ3) is 2.97. The normalized spacial score (nSPS) is 10.3. The fourth-order valence-electron chi connectivity index (χ4n) is 2.08. The second kappa shape index (κ2) is 5.58. The number of imidazole rings is 1. The van der Waals surface area contributed by atoms with Gasteiger partial charge in [-0.05, 0) is 24.3 Å². The second-order valence-corrected chi connectivity index (χ2v) is 4.64. The zero-order valence-electron chi connectivity index (χ0n) is 11.5. The van der Waals surface area contributed by atoms with E-state index in [0.717, 1.165) is 22.6 Å². The van der Waals surface area contributed by atoms with Crippen LogP contribution in [0.25, 0.3) is 16.9 Å². The Balaban J connectivity index is 1.91. The Labute approximate surface area is 122 Å². The van der Waals surface area contributed by atoms with Gasteiger partial charge >= 0.3 is 0 Å². The molecule has 3 aromatic rings. The Morgan fingerprint density at radius 3 is 2.90 bits per heavy atom. The summed E-state index contributed by atoms with van der Waals surface area (Å²) in [6.45, 7) is 1.49. The van der Waals surface area contributed by atoms with Crippen molar-refractivity contribution in [1.29, 1.82) is 0 Å². The smallest absolute Gasteiger partial charge is 0.221 e.